The molecule has 2 N–H and O–H groups in total. The van der Waals surface area contributed by atoms with Crippen molar-refractivity contribution in [3.05, 3.63) is 29.8 Å². The molecular weight excluding hydrogens is 352 g/mol. The van der Waals surface area contributed by atoms with Crippen LogP contribution in [0.3, 0.4) is 0 Å². The third kappa shape index (κ3) is 5.71. The Bertz CT molecular complexity index is 628. The fourth-order valence-corrected chi connectivity index (χ4v) is 4.39. The first kappa shape index (κ1) is 22.7. The van der Waals surface area contributed by atoms with Crippen LogP contribution >= 0.6 is 0 Å². The zero-order chi connectivity index (χ0) is 20.9. The fraction of sp³-hybridized carbons (Fsp3) is 0.696. The van der Waals surface area contributed by atoms with Gasteiger partial charge in [0.1, 0.15) is 17.4 Å². The molecule has 0 amide bonds. The van der Waals surface area contributed by atoms with Crippen LogP contribution in [-0.2, 0) is 16.0 Å². The lowest BCUT2D eigenvalue weighted by Gasteiger charge is -2.48. The van der Waals surface area contributed by atoms with E-state index in [0.717, 1.165) is 49.1 Å². The van der Waals surface area contributed by atoms with Gasteiger partial charge in [0.25, 0.3) is 0 Å². The second kappa shape index (κ2) is 9.27. The van der Waals surface area contributed by atoms with Gasteiger partial charge in [0.05, 0.1) is 32.8 Å². The Morgan fingerprint density at radius 3 is 2.25 bits per heavy atom. The van der Waals surface area contributed by atoms with Gasteiger partial charge in [-0.15, -0.1) is 0 Å². The highest BCUT2D eigenvalue weighted by Gasteiger charge is 2.40. The third-order valence-electron chi connectivity index (χ3n) is 6.33. The number of quaternary nitrogens is 1. The summed E-state index contributed by atoms with van der Waals surface area (Å²) >= 11 is 0. The molecule has 1 aromatic carbocycles. The number of rotatable bonds is 7. The van der Waals surface area contributed by atoms with Gasteiger partial charge in [0.2, 0.25) is 0 Å². The molecule has 1 aliphatic rings. The van der Waals surface area contributed by atoms with Crippen molar-refractivity contribution in [1.82, 2.24) is 0 Å². The minimum absolute atomic E-state index is 0.209. The third-order valence-corrected chi connectivity index (χ3v) is 6.33. The molecule has 158 valence electrons. The molecule has 1 heterocycles. The Morgan fingerprint density at radius 2 is 1.79 bits per heavy atom. The lowest BCUT2D eigenvalue weighted by Crippen LogP contribution is -2.60. The predicted octanol–water partition coefficient (Wildman–Crippen LogP) is 3.54. The number of hydrogen-bond acceptors (Lipinski definition) is 4. The summed E-state index contributed by atoms with van der Waals surface area (Å²) in [6, 6.07) is 8.39. The van der Waals surface area contributed by atoms with Crippen molar-refractivity contribution in [2.24, 2.45) is 11.7 Å². The summed E-state index contributed by atoms with van der Waals surface area (Å²) in [4.78, 5) is 12.4. The van der Waals surface area contributed by atoms with Gasteiger partial charge in [-0.25, -0.2) is 0 Å². The van der Waals surface area contributed by atoms with E-state index in [2.05, 4.69) is 26.0 Å². The normalized spacial score (nSPS) is 25.0. The zero-order valence-electron chi connectivity index (χ0n) is 18.5. The summed E-state index contributed by atoms with van der Waals surface area (Å²) in [6.45, 7) is 13.5. The second-order valence-corrected chi connectivity index (χ2v) is 9.28. The quantitative estimate of drug-likeness (QED) is 0.570. The molecule has 1 aromatic rings. The maximum atomic E-state index is 12.4. The largest absolute Gasteiger partial charge is 0.497 e. The Labute approximate surface area is 170 Å². The smallest absolute Gasteiger partial charge is 0.323 e. The number of hydrogen-bond donors (Lipinski definition) is 1. The molecule has 5 heteroatoms. The molecule has 0 aromatic heterocycles. The van der Waals surface area contributed by atoms with E-state index in [1.165, 1.54) is 5.56 Å². The highest BCUT2D eigenvalue weighted by Crippen LogP contribution is 2.30. The minimum Gasteiger partial charge on any atom is -0.497 e. The molecule has 1 aliphatic heterocycles. The molecule has 1 fully saturated rings. The topological polar surface area (TPSA) is 61.5 Å². The highest BCUT2D eigenvalue weighted by atomic mass is 16.6. The molecule has 2 rings (SSSR count). The summed E-state index contributed by atoms with van der Waals surface area (Å²) in [6.07, 6.45) is 2.99. The van der Waals surface area contributed by atoms with Crippen molar-refractivity contribution in [1.29, 1.82) is 0 Å². The van der Waals surface area contributed by atoms with Crippen molar-refractivity contribution < 1.29 is 18.8 Å². The van der Waals surface area contributed by atoms with Crippen molar-refractivity contribution in [2.45, 2.75) is 71.6 Å². The summed E-state index contributed by atoms with van der Waals surface area (Å²) in [7, 11) is 1.70. The Hall–Kier alpha value is -1.59. The van der Waals surface area contributed by atoms with Crippen LogP contribution in [0.4, 0.5) is 0 Å². The van der Waals surface area contributed by atoms with Gasteiger partial charge >= 0.3 is 5.97 Å². The van der Waals surface area contributed by atoms with E-state index in [0.29, 0.717) is 6.04 Å². The molecule has 2 atom stereocenters. The van der Waals surface area contributed by atoms with E-state index in [4.69, 9.17) is 15.2 Å². The average Bonchev–Trinajstić information content (AvgIpc) is 2.66. The maximum Gasteiger partial charge on any atom is 0.323 e. The Balaban J connectivity index is 1.97. The molecule has 0 radical (unpaired) electrons. The number of esters is 1. The number of carbonyl (C=O) groups is 1. The van der Waals surface area contributed by atoms with Crippen LogP contribution in [0.25, 0.3) is 0 Å². The molecule has 0 spiro atoms. The summed E-state index contributed by atoms with van der Waals surface area (Å²) < 4.78 is 11.8. The van der Waals surface area contributed by atoms with Gasteiger partial charge < -0.3 is 19.7 Å². The van der Waals surface area contributed by atoms with Gasteiger partial charge in [0.15, 0.2) is 0 Å². The number of ether oxygens (including phenoxy) is 2. The number of likely N-dealkylation sites (N-methyl/N-ethyl adjacent to an activating group) is 1. The van der Waals surface area contributed by atoms with Crippen LogP contribution in [0.2, 0.25) is 0 Å². The van der Waals surface area contributed by atoms with Crippen molar-refractivity contribution in [2.75, 3.05) is 26.7 Å². The number of methoxy groups -OCH3 is 1. The standard InChI is InChI=1S/C23H39N2O3/c1-7-25(17(2)16-18-8-10-20(27-6)11-9-18)14-12-19(13-15-25)21(24)22(26)28-23(3,4)5/h8-11,17,19,21H,7,12-16,24H2,1-6H3/q+1. The fourth-order valence-electron chi connectivity index (χ4n) is 4.39. The van der Waals surface area contributed by atoms with Gasteiger partial charge in [-0.05, 0) is 58.2 Å². The molecular formula is C23H39N2O3+. The second-order valence-electron chi connectivity index (χ2n) is 9.28. The Morgan fingerprint density at radius 1 is 1.21 bits per heavy atom. The lowest BCUT2D eigenvalue weighted by atomic mass is 9.86. The monoisotopic (exact) mass is 391 g/mol. The van der Waals surface area contributed by atoms with Crippen LogP contribution in [0.1, 0.15) is 53.0 Å². The van der Waals surface area contributed by atoms with E-state index in [1.54, 1.807) is 7.11 Å². The number of piperidine rings is 1. The van der Waals surface area contributed by atoms with Crippen LogP contribution in [0.5, 0.6) is 5.75 Å². The number of nitrogens with zero attached hydrogens (tertiary/aromatic N) is 1. The molecule has 28 heavy (non-hydrogen) atoms. The predicted molar refractivity (Wildman–Crippen MR) is 113 cm³/mol. The zero-order valence-corrected chi connectivity index (χ0v) is 18.5. The summed E-state index contributed by atoms with van der Waals surface area (Å²) in [5.41, 5.74) is 7.12. The first-order valence-corrected chi connectivity index (χ1v) is 10.6. The van der Waals surface area contributed by atoms with Gasteiger partial charge in [-0.3, -0.25) is 4.79 Å². The number of nitrogens with two attached hydrogens (primary N) is 1. The van der Waals surface area contributed by atoms with Crippen molar-refractivity contribution in [3.63, 3.8) is 0 Å². The van der Waals surface area contributed by atoms with Crippen LogP contribution in [0.15, 0.2) is 24.3 Å². The van der Waals surface area contributed by atoms with E-state index < -0.39 is 11.6 Å². The van der Waals surface area contributed by atoms with Crippen LogP contribution < -0.4 is 10.5 Å². The summed E-state index contributed by atoms with van der Waals surface area (Å²) in [5.74, 6) is 0.842. The van der Waals surface area contributed by atoms with Gasteiger partial charge in [-0.1, -0.05) is 12.1 Å². The highest BCUT2D eigenvalue weighted by molar-refractivity contribution is 5.76. The van der Waals surface area contributed by atoms with E-state index in [1.807, 2.05) is 32.9 Å². The molecule has 5 nitrogen and oxygen atoms in total. The number of benzene rings is 1. The van der Waals surface area contributed by atoms with E-state index in [9.17, 15) is 4.79 Å². The molecule has 0 aliphatic carbocycles. The average molecular weight is 392 g/mol. The first-order chi connectivity index (χ1) is 13.1. The molecule has 2 unspecified atom stereocenters. The summed E-state index contributed by atoms with van der Waals surface area (Å²) in [5, 5.41) is 0. The van der Waals surface area contributed by atoms with E-state index in [-0.39, 0.29) is 11.9 Å². The lowest BCUT2D eigenvalue weighted by molar-refractivity contribution is -0.953. The van der Waals surface area contributed by atoms with Crippen LogP contribution in [0, 0.1) is 5.92 Å². The van der Waals surface area contributed by atoms with Crippen molar-refractivity contribution >= 4 is 5.97 Å². The number of carbonyl (C=O) groups excluding carboxylic acids is 1. The molecule has 0 saturated carbocycles. The van der Waals surface area contributed by atoms with Gasteiger partial charge in [-0.2, -0.15) is 0 Å². The van der Waals surface area contributed by atoms with Crippen molar-refractivity contribution in [3.8, 4) is 5.75 Å². The number of likely N-dealkylation sites (tertiary alicyclic amines) is 1. The van der Waals surface area contributed by atoms with Crippen LogP contribution in [-0.4, -0.2) is 54.9 Å². The molecule has 0 bridgehead atoms. The minimum atomic E-state index is -0.518. The maximum absolute atomic E-state index is 12.4. The van der Waals surface area contributed by atoms with Gasteiger partial charge in [0, 0.05) is 19.3 Å². The Kier molecular flexibility index (Phi) is 7.52. The van der Waals surface area contributed by atoms with E-state index >= 15 is 0 Å². The SMILES string of the molecule is CC[N+]1(C(C)Cc2ccc(OC)cc2)CCC(C(N)C(=O)OC(C)(C)C)CC1. The molecule has 1 saturated heterocycles. The first-order valence-electron chi connectivity index (χ1n) is 10.6.